The van der Waals surface area contributed by atoms with Gasteiger partial charge < -0.3 is 0 Å². The van der Waals surface area contributed by atoms with Gasteiger partial charge in [0.25, 0.3) is 0 Å². The number of rotatable bonds is 6. The quantitative estimate of drug-likeness (QED) is 0.405. The molecular weight excluding hydrogens is 324 g/mol. The third-order valence-corrected chi connectivity index (χ3v) is 0.996. The number of hydrogen-bond acceptors (Lipinski definition) is 9. The van der Waals surface area contributed by atoms with Gasteiger partial charge in [0.1, 0.15) is 0 Å². The molecule has 0 aliphatic rings. The monoisotopic (exact) mass is 350 g/mol. The van der Waals surface area contributed by atoms with E-state index in [-0.39, 0.29) is 0 Å². The molecule has 0 atom stereocenters. The van der Waals surface area contributed by atoms with Gasteiger partial charge in [-0.1, -0.05) is 40.0 Å². The zero-order chi connectivity index (χ0) is 19.8. The van der Waals surface area contributed by atoms with Crippen LogP contribution in [-0.2, 0) is 43.7 Å². The molecule has 140 valence electrons. The van der Waals surface area contributed by atoms with E-state index in [4.69, 9.17) is 0 Å². The van der Waals surface area contributed by atoms with Crippen LogP contribution in [0.15, 0.2) is 38.0 Å². The fourth-order valence-electron chi connectivity index (χ4n) is 0.348. The van der Waals surface area contributed by atoms with E-state index >= 15 is 0 Å². The lowest BCUT2D eigenvalue weighted by molar-refractivity contribution is -0.249. The molecule has 0 rings (SSSR count). The number of hydrogen-bond donors (Lipinski definition) is 0. The van der Waals surface area contributed by atoms with Gasteiger partial charge in [-0.2, -0.15) is 14.7 Å². The molecule has 0 aromatic carbocycles. The smallest absolute Gasteiger partial charge is 0.294 e. The molecule has 24 heavy (non-hydrogen) atoms. The van der Waals surface area contributed by atoms with Crippen molar-refractivity contribution in [2.24, 2.45) is 0 Å². The Morgan fingerprint density at radius 3 is 0.875 bits per heavy atom. The Bertz CT molecular complexity index is 299. The molecule has 0 aromatic rings. The van der Waals surface area contributed by atoms with E-state index in [0.717, 1.165) is 18.2 Å². The second-order valence-corrected chi connectivity index (χ2v) is 3.03. The van der Waals surface area contributed by atoms with Crippen LogP contribution in [0.25, 0.3) is 0 Å². The molecule has 9 nitrogen and oxygen atoms in total. The van der Waals surface area contributed by atoms with E-state index in [1.165, 1.54) is 27.8 Å². The Hall–Kier alpha value is -2.49. The molecule has 0 N–H and O–H groups in total. The molecular formula is C15H26O9. The average molecular weight is 350 g/mol. The minimum absolute atomic E-state index is 0.581. The molecule has 0 heterocycles. The zero-order valence-electron chi connectivity index (χ0n) is 14.7. The topological polar surface area (TPSA) is 107 Å². The SMILES string of the molecule is C=CC(=O)OOC.C=CC(=O)OOC.C=CC(=O)OOC.CCC. The van der Waals surface area contributed by atoms with Crippen LogP contribution in [-0.4, -0.2) is 39.2 Å². The maximum atomic E-state index is 9.95. The van der Waals surface area contributed by atoms with Crippen LogP contribution in [0.2, 0.25) is 0 Å². The molecule has 9 heteroatoms. The van der Waals surface area contributed by atoms with Crippen LogP contribution in [0.3, 0.4) is 0 Å². The summed E-state index contributed by atoms with van der Waals surface area (Å²) in [6, 6.07) is 0. The second kappa shape index (κ2) is 28.6. The maximum Gasteiger partial charge on any atom is 0.365 e. The first-order valence-electron chi connectivity index (χ1n) is 6.45. The van der Waals surface area contributed by atoms with Crippen LogP contribution >= 0.6 is 0 Å². The van der Waals surface area contributed by atoms with Gasteiger partial charge in [-0.05, 0) is 0 Å². The minimum Gasteiger partial charge on any atom is -0.294 e. The lowest BCUT2D eigenvalue weighted by Gasteiger charge is -1.88. The zero-order valence-corrected chi connectivity index (χ0v) is 14.7. The van der Waals surface area contributed by atoms with Crippen molar-refractivity contribution in [3.05, 3.63) is 38.0 Å². The van der Waals surface area contributed by atoms with E-state index in [2.05, 4.69) is 62.9 Å². The predicted octanol–water partition coefficient (Wildman–Crippen LogP) is 2.25. The van der Waals surface area contributed by atoms with Crippen LogP contribution in [0, 0.1) is 0 Å². The Morgan fingerprint density at radius 1 is 0.667 bits per heavy atom. The number of carbonyl (C=O) groups is 3. The van der Waals surface area contributed by atoms with Crippen molar-refractivity contribution in [1.29, 1.82) is 0 Å². The van der Waals surface area contributed by atoms with Crippen LogP contribution in [0.1, 0.15) is 20.3 Å². The largest absolute Gasteiger partial charge is 0.365 e. The summed E-state index contributed by atoms with van der Waals surface area (Å²) in [5.74, 6) is -1.74. The highest BCUT2D eigenvalue weighted by Gasteiger charge is 1.90. The normalized spacial score (nSPS) is 7.38. The highest BCUT2D eigenvalue weighted by atomic mass is 17.2. The van der Waals surface area contributed by atoms with Crippen molar-refractivity contribution < 1.29 is 43.7 Å². The molecule has 0 bridgehead atoms. The van der Waals surface area contributed by atoms with E-state index < -0.39 is 17.9 Å². The standard InChI is InChI=1S/3C4H6O3.C3H8/c3*1-3-4(5)7-6-2;1-3-2/h3*3H,1H2,2H3;3H2,1-2H3. The third kappa shape index (κ3) is 42.7. The highest BCUT2D eigenvalue weighted by molar-refractivity contribution is 5.81. The Kier molecular flexibility index (Phi) is 35.2. The fraction of sp³-hybridized carbons (Fsp3) is 0.400. The first kappa shape index (κ1) is 29.5. The van der Waals surface area contributed by atoms with Crippen molar-refractivity contribution in [3.63, 3.8) is 0 Å². The van der Waals surface area contributed by atoms with Crippen molar-refractivity contribution in [1.82, 2.24) is 0 Å². The van der Waals surface area contributed by atoms with E-state index in [1.807, 2.05) is 0 Å². The average Bonchev–Trinajstić information content (AvgIpc) is 2.57. The summed E-state index contributed by atoms with van der Waals surface area (Å²) in [7, 11) is 3.75. The first-order valence-corrected chi connectivity index (χ1v) is 6.45. The van der Waals surface area contributed by atoms with Gasteiger partial charge in [0, 0.05) is 18.2 Å². The molecule has 0 saturated carbocycles. The number of carbonyl (C=O) groups excluding carboxylic acids is 3. The predicted molar refractivity (Wildman–Crippen MR) is 85.9 cm³/mol. The Balaban J connectivity index is -0.000000115. The van der Waals surface area contributed by atoms with Gasteiger partial charge in [0.2, 0.25) is 0 Å². The molecule has 0 radical (unpaired) electrons. The van der Waals surface area contributed by atoms with E-state index in [9.17, 15) is 14.4 Å². The third-order valence-electron chi connectivity index (χ3n) is 0.996. The first-order chi connectivity index (χ1) is 11.3. The highest BCUT2D eigenvalue weighted by Crippen LogP contribution is 1.76. The van der Waals surface area contributed by atoms with Crippen LogP contribution in [0.4, 0.5) is 0 Å². The summed E-state index contributed by atoms with van der Waals surface area (Å²) >= 11 is 0. The van der Waals surface area contributed by atoms with Crippen LogP contribution < -0.4 is 0 Å². The van der Waals surface area contributed by atoms with E-state index in [0.29, 0.717) is 0 Å². The molecule has 0 amide bonds. The van der Waals surface area contributed by atoms with Crippen molar-refractivity contribution >= 4 is 17.9 Å². The van der Waals surface area contributed by atoms with Gasteiger partial charge >= 0.3 is 17.9 Å². The van der Waals surface area contributed by atoms with Crippen molar-refractivity contribution in [2.45, 2.75) is 20.3 Å². The second-order valence-electron chi connectivity index (χ2n) is 3.03. The minimum atomic E-state index is -0.581. The van der Waals surface area contributed by atoms with Gasteiger partial charge in [0.05, 0.1) is 21.3 Å². The van der Waals surface area contributed by atoms with Gasteiger partial charge in [-0.3, -0.25) is 14.7 Å². The van der Waals surface area contributed by atoms with E-state index in [1.54, 1.807) is 0 Å². The fourth-order valence-corrected chi connectivity index (χ4v) is 0.348. The molecule has 0 aromatic heterocycles. The summed E-state index contributed by atoms with van der Waals surface area (Å²) in [5.41, 5.74) is 0. The van der Waals surface area contributed by atoms with Gasteiger partial charge in [0.15, 0.2) is 0 Å². The summed E-state index contributed by atoms with van der Waals surface area (Å²) in [6.07, 6.45) is 4.30. The summed E-state index contributed by atoms with van der Waals surface area (Å²) < 4.78 is 0. The molecule has 0 unspecified atom stereocenters. The summed E-state index contributed by atoms with van der Waals surface area (Å²) in [6.45, 7) is 13.6. The van der Waals surface area contributed by atoms with Gasteiger partial charge in [-0.25, -0.2) is 14.4 Å². The van der Waals surface area contributed by atoms with Crippen molar-refractivity contribution in [3.8, 4) is 0 Å². The lowest BCUT2D eigenvalue weighted by Crippen LogP contribution is -1.96. The Morgan fingerprint density at radius 2 is 0.833 bits per heavy atom. The Labute approximate surface area is 142 Å². The summed E-state index contributed by atoms with van der Waals surface area (Å²) in [4.78, 5) is 53.6. The maximum absolute atomic E-state index is 9.95. The van der Waals surface area contributed by atoms with Crippen LogP contribution in [0.5, 0.6) is 0 Å². The molecule has 0 aliphatic heterocycles. The molecule has 0 fully saturated rings. The molecule has 0 saturated heterocycles. The summed E-state index contributed by atoms with van der Waals surface area (Å²) in [5, 5.41) is 0. The van der Waals surface area contributed by atoms with Crippen molar-refractivity contribution in [2.75, 3.05) is 21.3 Å². The lowest BCUT2D eigenvalue weighted by atomic mass is 10.6. The molecule has 0 spiro atoms. The molecule has 0 aliphatic carbocycles. The van der Waals surface area contributed by atoms with Gasteiger partial charge in [-0.15, -0.1) is 0 Å².